The lowest BCUT2D eigenvalue weighted by Gasteiger charge is -2.05. The predicted molar refractivity (Wildman–Crippen MR) is 67.8 cm³/mol. The molecule has 0 aliphatic carbocycles. The van der Waals surface area contributed by atoms with Crippen LogP contribution in [0.2, 0.25) is 0 Å². The molecule has 1 N–H and O–H groups in total. The largest absolute Gasteiger partial charge is 0.395 e. The van der Waals surface area contributed by atoms with Gasteiger partial charge in [0.05, 0.1) is 6.61 Å². The topological polar surface area (TPSA) is 38.0 Å². The van der Waals surface area contributed by atoms with Crippen LogP contribution in [0.4, 0.5) is 0 Å². The van der Waals surface area contributed by atoms with Crippen molar-refractivity contribution < 1.29 is 5.11 Å². The molecule has 0 amide bonds. The van der Waals surface area contributed by atoms with Crippen molar-refractivity contribution >= 4 is 0 Å². The summed E-state index contributed by atoms with van der Waals surface area (Å²) in [5, 5.41) is 8.92. The molecule has 3 heteroatoms. The number of aliphatic hydroxyl groups is 1. The van der Waals surface area contributed by atoms with E-state index in [9.17, 15) is 0 Å². The van der Waals surface area contributed by atoms with Crippen molar-refractivity contribution in [1.29, 1.82) is 0 Å². The number of rotatable bonds is 6. The highest BCUT2D eigenvalue weighted by Crippen LogP contribution is 2.07. The van der Waals surface area contributed by atoms with Crippen LogP contribution in [0.5, 0.6) is 0 Å². The molecule has 0 unspecified atom stereocenters. The zero-order chi connectivity index (χ0) is 11.9. The summed E-state index contributed by atoms with van der Waals surface area (Å²) in [7, 11) is 0. The van der Waals surface area contributed by atoms with E-state index in [1.54, 1.807) is 6.20 Å². The molecule has 0 radical (unpaired) electrons. The monoisotopic (exact) mass is 230 g/mol. The Bertz CT molecular complexity index is 436. The highest BCUT2D eigenvalue weighted by Gasteiger charge is 2.02. The van der Waals surface area contributed by atoms with Gasteiger partial charge in [-0.15, -0.1) is 0 Å². The molecule has 0 saturated carbocycles. The molecule has 0 bridgehead atoms. The van der Waals surface area contributed by atoms with Crippen LogP contribution >= 0.6 is 0 Å². The quantitative estimate of drug-likeness (QED) is 0.824. The Morgan fingerprint density at radius 2 is 1.94 bits per heavy atom. The third-order valence-corrected chi connectivity index (χ3v) is 2.85. The van der Waals surface area contributed by atoms with Crippen LogP contribution in [0.3, 0.4) is 0 Å². The number of benzene rings is 1. The summed E-state index contributed by atoms with van der Waals surface area (Å²) in [4.78, 5) is 4.32. The van der Waals surface area contributed by atoms with Gasteiger partial charge in [-0.25, -0.2) is 4.98 Å². The first-order valence-corrected chi connectivity index (χ1v) is 6.05. The van der Waals surface area contributed by atoms with E-state index in [0.29, 0.717) is 6.54 Å². The standard InChI is InChI=1S/C14H18N2O/c17-12-11-16-10-9-15-14(16)8-4-7-13-5-2-1-3-6-13/h1-3,5-6,9-10,17H,4,7-8,11-12H2. The van der Waals surface area contributed by atoms with E-state index < -0.39 is 0 Å². The first-order chi connectivity index (χ1) is 8.40. The summed E-state index contributed by atoms with van der Waals surface area (Å²) < 4.78 is 2.02. The van der Waals surface area contributed by atoms with Gasteiger partial charge in [0, 0.05) is 25.4 Å². The number of hydrogen-bond donors (Lipinski definition) is 1. The average Bonchev–Trinajstić information content (AvgIpc) is 2.79. The number of aliphatic hydroxyl groups excluding tert-OH is 1. The molecule has 2 aromatic rings. The van der Waals surface area contributed by atoms with Gasteiger partial charge < -0.3 is 9.67 Å². The van der Waals surface area contributed by atoms with Crippen molar-refractivity contribution in [2.45, 2.75) is 25.8 Å². The molecule has 0 saturated heterocycles. The molecule has 0 spiro atoms. The maximum Gasteiger partial charge on any atom is 0.108 e. The lowest BCUT2D eigenvalue weighted by Crippen LogP contribution is -2.06. The van der Waals surface area contributed by atoms with Crippen LogP contribution in [-0.2, 0) is 19.4 Å². The Kier molecular flexibility index (Phi) is 4.33. The maximum absolute atomic E-state index is 8.92. The zero-order valence-corrected chi connectivity index (χ0v) is 9.92. The van der Waals surface area contributed by atoms with E-state index in [4.69, 9.17) is 5.11 Å². The van der Waals surface area contributed by atoms with Crippen molar-refractivity contribution in [3.05, 3.63) is 54.1 Å². The van der Waals surface area contributed by atoms with Gasteiger partial charge in [-0.05, 0) is 18.4 Å². The van der Waals surface area contributed by atoms with Gasteiger partial charge in [0.25, 0.3) is 0 Å². The van der Waals surface area contributed by atoms with Crippen LogP contribution in [0.1, 0.15) is 17.8 Å². The summed E-state index contributed by atoms with van der Waals surface area (Å²) in [5.41, 5.74) is 1.37. The van der Waals surface area contributed by atoms with E-state index >= 15 is 0 Å². The van der Waals surface area contributed by atoms with Crippen molar-refractivity contribution in [3.8, 4) is 0 Å². The molecular formula is C14H18N2O. The average molecular weight is 230 g/mol. The highest BCUT2D eigenvalue weighted by atomic mass is 16.3. The normalized spacial score (nSPS) is 10.6. The second-order valence-electron chi connectivity index (χ2n) is 4.10. The van der Waals surface area contributed by atoms with E-state index in [2.05, 4.69) is 29.2 Å². The molecular weight excluding hydrogens is 212 g/mol. The molecule has 0 aliphatic heterocycles. The van der Waals surface area contributed by atoms with Crippen molar-refractivity contribution in [1.82, 2.24) is 9.55 Å². The number of aromatic nitrogens is 2. The lowest BCUT2D eigenvalue weighted by atomic mass is 10.1. The van der Waals surface area contributed by atoms with Crippen LogP contribution in [0, 0.1) is 0 Å². The Labute approximate surface area is 102 Å². The van der Waals surface area contributed by atoms with Crippen molar-refractivity contribution in [3.63, 3.8) is 0 Å². The summed E-state index contributed by atoms with van der Waals surface area (Å²) in [6.07, 6.45) is 6.85. The van der Waals surface area contributed by atoms with E-state index in [1.165, 1.54) is 5.56 Å². The van der Waals surface area contributed by atoms with E-state index in [1.807, 2.05) is 16.8 Å². The second kappa shape index (κ2) is 6.21. The predicted octanol–water partition coefficient (Wildman–Crippen LogP) is 2.05. The minimum absolute atomic E-state index is 0.169. The van der Waals surface area contributed by atoms with Gasteiger partial charge >= 0.3 is 0 Å². The van der Waals surface area contributed by atoms with Crippen LogP contribution in [0.15, 0.2) is 42.7 Å². The van der Waals surface area contributed by atoms with Gasteiger partial charge in [0.15, 0.2) is 0 Å². The van der Waals surface area contributed by atoms with E-state index in [-0.39, 0.29) is 6.61 Å². The zero-order valence-electron chi connectivity index (χ0n) is 9.92. The minimum Gasteiger partial charge on any atom is -0.395 e. The van der Waals surface area contributed by atoms with Crippen molar-refractivity contribution in [2.24, 2.45) is 0 Å². The van der Waals surface area contributed by atoms with Gasteiger partial charge in [-0.2, -0.15) is 0 Å². The van der Waals surface area contributed by atoms with Gasteiger partial charge in [0.1, 0.15) is 5.82 Å². The number of nitrogens with zero attached hydrogens (tertiary/aromatic N) is 2. The summed E-state index contributed by atoms with van der Waals surface area (Å²) in [6, 6.07) is 10.5. The van der Waals surface area contributed by atoms with Crippen LogP contribution in [-0.4, -0.2) is 21.3 Å². The maximum atomic E-state index is 8.92. The molecule has 1 heterocycles. The van der Waals surface area contributed by atoms with Gasteiger partial charge in [-0.1, -0.05) is 30.3 Å². The fraction of sp³-hybridized carbons (Fsp3) is 0.357. The molecule has 3 nitrogen and oxygen atoms in total. The molecule has 0 atom stereocenters. The number of imidazole rings is 1. The first-order valence-electron chi connectivity index (χ1n) is 6.05. The van der Waals surface area contributed by atoms with Crippen LogP contribution in [0.25, 0.3) is 0 Å². The third kappa shape index (κ3) is 3.43. The molecule has 90 valence electrons. The smallest absolute Gasteiger partial charge is 0.108 e. The lowest BCUT2D eigenvalue weighted by molar-refractivity contribution is 0.274. The number of aryl methyl sites for hydroxylation is 2. The molecule has 0 aliphatic rings. The number of hydrogen-bond acceptors (Lipinski definition) is 2. The second-order valence-corrected chi connectivity index (χ2v) is 4.10. The van der Waals surface area contributed by atoms with Gasteiger partial charge in [-0.3, -0.25) is 0 Å². The third-order valence-electron chi connectivity index (χ3n) is 2.85. The Hall–Kier alpha value is -1.61. The molecule has 1 aromatic carbocycles. The SMILES string of the molecule is OCCn1ccnc1CCCc1ccccc1. The summed E-state index contributed by atoms with van der Waals surface area (Å²) >= 11 is 0. The molecule has 1 aromatic heterocycles. The Morgan fingerprint density at radius 1 is 1.12 bits per heavy atom. The Morgan fingerprint density at radius 3 is 2.71 bits per heavy atom. The van der Waals surface area contributed by atoms with Crippen molar-refractivity contribution in [2.75, 3.05) is 6.61 Å². The molecule has 17 heavy (non-hydrogen) atoms. The highest BCUT2D eigenvalue weighted by molar-refractivity contribution is 5.14. The summed E-state index contributed by atoms with van der Waals surface area (Å²) in [5.74, 6) is 1.06. The minimum atomic E-state index is 0.169. The van der Waals surface area contributed by atoms with E-state index in [0.717, 1.165) is 25.1 Å². The summed E-state index contributed by atoms with van der Waals surface area (Å²) in [6.45, 7) is 0.808. The van der Waals surface area contributed by atoms with Gasteiger partial charge in [0.2, 0.25) is 0 Å². The fourth-order valence-corrected chi connectivity index (χ4v) is 1.97. The molecule has 2 rings (SSSR count). The fourth-order valence-electron chi connectivity index (χ4n) is 1.97. The molecule has 0 fully saturated rings. The first kappa shape index (κ1) is 11.9. The Balaban J connectivity index is 1.84. The van der Waals surface area contributed by atoms with Crippen LogP contribution < -0.4 is 0 Å².